The predicted molar refractivity (Wildman–Crippen MR) is 131 cm³/mol. The van der Waals surface area contributed by atoms with Gasteiger partial charge in [-0.3, -0.25) is 9.69 Å². The van der Waals surface area contributed by atoms with Gasteiger partial charge in [-0.1, -0.05) is 60.7 Å². The largest absolute Gasteiger partial charge is 0.284 e. The zero-order chi connectivity index (χ0) is 22.5. The molecule has 3 heterocycles. The standard InChI is InChI=1S/C26H21N5OS/c32-25(22-12-13-24(27-18-22)31-16-7-15-28-31)30(17-14-20-8-3-1-4-9-20)26-29-23(19-33-26)21-10-5-2-6-11-21/h1-13,15-16,18-19H,14,17H2. The number of rotatable bonds is 7. The number of hydrogen-bond acceptors (Lipinski definition) is 5. The number of benzene rings is 2. The molecule has 7 heteroatoms. The number of aromatic nitrogens is 4. The van der Waals surface area contributed by atoms with E-state index < -0.39 is 0 Å². The van der Waals surface area contributed by atoms with E-state index >= 15 is 0 Å². The third-order valence-electron chi connectivity index (χ3n) is 5.24. The molecule has 2 aromatic carbocycles. The summed E-state index contributed by atoms with van der Waals surface area (Å²) in [7, 11) is 0. The Morgan fingerprint density at radius 3 is 2.42 bits per heavy atom. The highest BCUT2D eigenvalue weighted by molar-refractivity contribution is 7.14. The lowest BCUT2D eigenvalue weighted by atomic mass is 10.1. The summed E-state index contributed by atoms with van der Waals surface area (Å²) in [4.78, 5) is 24.5. The lowest BCUT2D eigenvalue weighted by molar-refractivity contribution is 0.0987. The average molecular weight is 452 g/mol. The van der Waals surface area contributed by atoms with Crippen molar-refractivity contribution in [2.75, 3.05) is 11.4 Å². The Hall–Kier alpha value is -4.10. The summed E-state index contributed by atoms with van der Waals surface area (Å²) in [5.41, 5.74) is 3.57. The number of hydrogen-bond donors (Lipinski definition) is 0. The number of carbonyl (C=O) groups excluding carboxylic acids is 1. The van der Waals surface area contributed by atoms with Crippen molar-refractivity contribution in [1.29, 1.82) is 0 Å². The van der Waals surface area contributed by atoms with E-state index in [0.717, 1.165) is 17.7 Å². The first-order chi connectivity index (χ1) is 16.3. The molecule has 6 nitrogen and oxygen atoms in total. The molecule has 0 saturated carbocycles. The molecule has 162 valence electrons. The van der Waals surface area contributed by atoms with Crippen LogP contribution < -0.4 is 4.90 Å². The Morgan fingerprint density at radius 2 is 1.73 bits per heavy atom. The van der Waals surface area contributed by atoms with E-state index in [1.54, 1.807) is 34.1 Å². The minimum absolute atomic E-state index is 0.126. The molecule has 5 aromatic rings. The number of nitrogens with zero attached hydrogens (tertiary/aromatic N) is 5. The van der Waals surface area contributed by atoms with Gasteiger partial charge in [-0.25, -0.2) is 14.6 Å². The van der Waals surface area contributed by atoms with E-state index in [1.807, 2.05) is 66.2 Å². The zero-order valence-corrected chi connectivity index (χ0v) is 18.6. The maximum Gasteiger partial charge on any atom is 0.261 e. The summed E-state index contributed by atoms with van der Waals surface area (Å²) in [5, 5.41) is 6.85. The van der Waals surface area contributed by atoms with Crippen molar-refractivity contribution in [3.8, 4) is 17.1 Å². The lowest BCUT2D eigenvalue weighted by Gasteiger charge is -2.20. The average Bonchev–Trinajstić information content (AvgIpc) is 3.59. The van der Waals surface area contributed by atoms with Gasteiger partial charge in [-0.15, -0.1) is 11.3 Å². The maximum absolute atomic E-state index is 13.5. The Morgan fingerprint density at radius 1 is 0.939 bits per heavy atom. The fourth-order valence-electron chi connectivity index (χ4n) is 3.51. The molecule has 1 amide bonds. The van der Waals surface area contributed by atoms with E-state index in [-0.39, 0.29) is 5.91 Å². The van der Waals surface area contributed by atoms with Gasteiger partial charge < -0.3 is 0 Å². The molecule has 0 aliphatic carbocycles. The SMILES string of the molecule is O=C(c1ccc(-n2cccn2)nc1)N(CCc1ccccc1)c1nc(-c2ccccc2)cs1. The molecular formula is C26H21N5OS. The minimum atomic E-state index is -0.126. The van der Waals surface area contributed by atoms with Crippen molar-refractivity contribution < 1.29 is 4.79 Å². The second kappa shape index (κ2) is 9.58. The summed E-state index contributed by atoms with van der Waals surface area (Å²) in [5.74, 6) is 0.535. The molecular weight excluding hydrogens is 430 g/mol. The summed E-state index contributed by atoms with van der Waals surface area (Å²) >= 11 is 1.47. The van der Waals surface area contributed by atoms with Crippen LogP contribution in [0.3, 0.4) is 0 Å². The molecule has 33 heavy (non-hydrogen) atoms. The van der Waals surface area contributed by atoms with Gasteiger partial charge in [0, 0.05) is 36.1 Å². The van der Waals surface area contributed by atoms with Crippen LogP contribution in [0.1, 0.15) is 15.9 Å². The van der Waals surface area contributed by atoms with E-state index in [1.165, 1.54) is 16.9 Å². The molecule has 3 aromatic heterocycles. The first-order valence-electron chi connectivity index (χ1n) is 10.6. The molecule has 5 rings (SSSR count). The number of carbonyl (C=O) groups is 1. The van der Waals surface area contributed by atoms with E-state index in [4.69, 9.17) is 4.98 Å². The van der Waals surface area contributed by atoms with Crippen LogP contribution in [0.4, 0.5) is 5.13 Å². The summed E-state index contributed by atoms with van der Waals surface area (Å²) in [6, 6.07) is 25.6. The van der Waals surface area contributed by atoms with E-state index in [9.17, 15) is 4.79 Å². The number of anilines is 1. The normalized spacial score (nSPS) is 10.8. The molecule has 0 N–H and O–H groups in total. The molecule has 0 aliphatic rings. The van der Waals surface area contributed by atoms with Crippen LogP contribution in [0.2, 0.25) is 0 Å². The Kier molecular flexibility index (Phi) is 6.04. The van der Waals surface area contributed by atoms with E-state index in [0.29, 0.717) is 23.1 Å². The third kappa shape index (κ3) is 4.73. The van der Waals surface area contributed by atoms with Crippen molar-refractivity contribution in [2.24, 2.45) is 0 Å². The molecule has 0 unspecified atom stereocenters. The summed E-state index contributed by atoms with van der Waals surface area (Å²) in [6.07, 6.45) is 5.84. The van der Waals surface area contributed by atoms with Crippen molar-refractivity contribution in [1.82, 2.24) is 19.7 Å². The summed E-state index contributed by atoms with van der Waals surface area (Å²) < 4.78 is 1.66. The van der Waals surface area contributed by atoms with Gasteiger partial charge in [0.05, 0.1) is 11.3 Å². The number of pyridine rings is 1. The Balaban J connectivity index is 1.43. The van der Waals surface area contributed by atoms with Crippen LogP contribution in [0.25, 0.3) is 17.1 Å². The van der Waals surface area contributed by atoms with Crippen LogP contribution in [-0.4, -0.2) is 32.2 Å². The van der Waals surface area contributed by atoms with Gasteiger partial charge >= 0.3 is 0 Å². The topological polar surface area (TPSA) is 63.9 Å². The minimum Gasteiger partial charge on any atom is -0.284 e. The predicted octanol–water partition coefficient (Wildman–Crippen LogP) is 5.28. The van der Waals surface area contributed by atoms with Crippen LogP contribution in [0, 0.1) is 0 Å². The Labute approximate surface area is 195 Å². The van der Waals surface area contributed by atoms with Crippen LogP contribution >= 0.6 is 11.3 Å². The van der Waals surface area contributed by atoms with Crippen molar-refractivity contribution >= 4 is 22.4 Å². The smallest absolute Gasteiger partial charge is 0.261 e. The van der Waals surface area contributed by atoms with Gasteiger partial charge in [0.2, 0.25) is 0 Å². The van der Waals surface area contributed by atoms with Gasteiger partial charge in [0.15, 0.2) is 10.9 Å². The van der Waals surface area contributed by atoms with Crippen molar-refractivity contribution in [2.45, 2.75) is 6.42 Å². The van der Waals surface area contributed by atoms with Crippen LogP contribution in [0.15, 0.2) is 103 Å². The van der Waals surface area contributed by atoms with Crippen LogP contribution in [0.5, 0.6) is 0 Å². The first-order valence-corrected chi connectivity index (χ1v) is 11.5. The fourth-order valence-corrected chi connectivity index (χ4v) is 4.37. The maximum atomic E-state index is 13.5. The quantitative estimate of drug-likeness (QED) is 0.338. The lowest BCUT2D eigenvalue weighted by Crippen LogP contribution is -2.33. The molecule has 0 saturated heterocycles. The third-order valence-corrected chi connectivity index (χ3v) is 6.10. The molecule has 0 atom stereocenters. The summed E-state index contributed by atoms with van der Waals surface area (Å²) in [6.45, 7) is 0.519. The molecule has 0 bridgehead atoms. The fraction of sp³-hybridized carbons (Fsp3) is 0.0769. The highest BCUT2D eigenvalue weighted by Gasteiger charge is 2.21. The van der Waals surface area contributed by atoms with Gasteiger partial charge in [0.25, 0.3) is 5.91 Å². The molecule has 0 fully saturated rings. The van der Waals surface area contributed by atoms with Gasteiger partial charge in [0.1, 0.15) is 0 Å². The second-order valence-corrected chi connectivity index (χ2v) is 8.27. The molecule has 0 spiro atoms. The molecule has 0 aliphatic heterocycles. The molecule has 0 radical (unpaired) electrons. The number of thiazole rings is 1. The monoisotopic (exact) mass is 451 g/mol. The number of amides is 1. The second-order valence-electron chi connectivity index (χ2n) is 7.43. The van der Waals surface area contributed by atoms with Crippen molar-refractivity contribution in [3.05, 3.63) is 114 Å². The zero-order valence-electron chi connectivity index (χ0n) is 17.8. The van der Waals surface area contributed by atoms with Gasteiger partial charge in [-0.05, 0) is 30.2 Å². The highest BCUT2D eigenvalue weighted by Crippen LogP contribution is 2.28. The van der Waals surface area contributed by atoms with Gasteiger partial charge in [-0.2, -0.15) is 5.10 Å². The highest BCUT2D eigenvalue weighted by atomic mass is 32.1. The Bertz CT molecular complexity index is 1320. The van der Waals surface area contributed by atoms with Crippen molar-refractivity contribution in [3.63, 3.8) is 0 Å². The first kappa shape index (κ1) is 20.8. The van der Waals surface area contributed by atoms with Crippen LogP contribution in [-0.2, 0) is 6.42 Å². The van der Waals surface area contributed by atoms with E-state index in [2.05, 4.69) is 22.2 Å².